The van der Waals surface area contributed by atoms with E-state index < -0.39 is 0 Å². The van der Waals surface area contributed by atoms with Crippen molar-refractivity contribution in [3.8, 4) is 5.75 Å². The molecule has 0 spiro atoms. The second-order valence-electron chi connectivity index (χ2n) is 5.57. The van der Waals surface area contributed by atoms with Crippen molar-refractivity contribution < 1.29 is 9.53 Å². The van der Waals surface area contributed by atoms with E-state index in [1.54, 1.807) is 0 Å². The van der Waals surface area contributed by atoms with E-state index in [-0.39, 0.29) is 11.9 Å². The molecule has 3 nitrogen and oxygen atoms in total. The normalized spacial score (nSPS) is 11.8. The third kappa shape index (κ3) is 5.10. The maximum absolute atomic E-state index is 12.3. The van der Waals surface area contributed by atoms with Crippen molar-refractivity contribution in [2.45, 2.75) is 33.2 Å². The first-order chi connectivity index (χ1) is 11.0. The highest BCUT2D eigenvalue weighted by Gasteiger charge is 2.15. The molecule has 2 aromatic carbocycles. The van der Waals surface area contributed by atoms with Gasteiger partial charge in [0.25, 0.3) is 0 Å². The number of rotatable bonds is 6. The van der Waals surface area contributed by atoms with Gasteiger partial charge in [-0.2, -0.15) is 0 Å². The molecule has 0 aromatic heterocycles. The summed E-state index contributed by atoms with van der Waals surface area (Å²) in [5.41, 5.74) is 3.15. The molecule has 2 rings (SSSR count). The Morgan fingerprint density at radius 1 is 1.22 bits per heavy atom. The van der Waals surface area contributed by atoms with E-state index in [0.717, 1.165) is 26.9 Å². The summed E-state index contributed by atoms with van der Waals surface area (Å²) in [6.07, 6.45) is 0.368. The molecule has 1 unspecified atom stereocenters. The van der Waals surface area contributed by atoms with Gasteiger partial charge in [-0.1, -0.05) is 45.8 Å². The first-order valence-electron chi connectivity index (χ1n) is 7.76. The Hall–Kier alpha value is -1.81. The number of benzene rings is 2. The highest BCUT2D eigenvalue weighted by molar-refractivity contribution is 9.10. The number of hydrogen-bond donors (Lipinski definition) is 1. The van der Waals surface area contributed by atoms with Crippen LogP contribution in [0.25, 0.3) is 0 Å². The number of carbonyl (C=O) groups excluding carboxylic acids is 1. The number of nitrogens with one attached hydrogen (secondary N) is 1. The molecule has 0 bridgehead atoms. The van der Waals surface area contributed by atoms with Crippen LogP contribution in [0.5, 0.6) is 5.75 Å². The third-order valence-corrected chi connectivity index (χ3v) is 4.12. The minimum atomic E-state index is -0.0978. The lowest BCUT2D eigenvalue weighted by atomic mass is 10.0. The van der Waals surface area contributed by atoms with Crippen molar-refractivity contribution in [1.82, 2.24) is 5.32 Å². The fourth-order valence-electron chi connectivity index (χ4n) is 2.45. The molecular weight excluding hydrogens is 354 g/mol. The Kier molecular flexibility index (Phi) is 6.22. The number of hydrogen-bond acceptors (Lipinski definition) is 2. The standard InChI is InChI=1S/C19H22BrNO2/c1-4-23-18-10-5-13(2)11-17(18)14(3)21-19(22)12-15-6-8-16(20)9-7-15/h5-11,14H,4,12H2,1-3H3,(H,21,22). The molecule has 0 aliphatic rings. The van der Waals surface area contributed by atoms with Gasteiger partial charge >= 0.3 is 0 Å². The summed E-state index contributed by atoms with van der Waals surface area (Å²) in [5.74, 6) is 0.832. The van der Waals surface area contributed by atoms with E-state index in [1.165, 1.54) is 0 Å². The van der Waals surface area contributed by atoms with Crippen molar-refractivity contribution in [1.29, 1.82) is 0 Å². The van der Waals surface area contributed by atoms with Crippen LogP contribution in [0.2, 0.25) is 0 Å². The van der Waals surface area contributed by atoms with Crippen LogP contribution >= 0.6 is 15.9 Å². The zero-order valence-corrected chi connectivity index (χ0v) is 15.3. The molecule has 2 aromatic rings. The first kappa shape index (κ1) is 17.5. The number of carbonyl (C=O) groups is 1. The highest BCUT2D eigenvalue weighted by atomic mass is 79.9. The Labute approximate surface area is 146 Å². The molecule has 122 valence electrons. The van der Waals surface area contributed by atoms with Gasteiger partial charge in [-0.25, -0.2) is 0 Å². The van der Waals surface area contributed by atoms with Crippen LogP contribution in [-0.4, -0.2) is 12.5 Å². The van der Waals surface area contributed by atoms with E-state index in [0.29, 0.717) is 13.0 Å². The smallest absolute Gasteiger partial charge is 0.224 e. The quantitative estimate of drug-likeness (QED) is 0.802. The summed E-state index contributed by atoms with van der Waals surface area (Å²) < 4.78 is 6.68. The summed E-state index contributed by atoms with van der Waals surface area (Å²) in [4.78, 5) is 12.3. The van der Waals surface area contributed by atoms with Crippen molar-refractivity contribution in [3.63, 3.8) is 0 Å². The predicted molar refractivity (Wildman–Crippen MR) is 96.8 cm³/mol. The van der Waals surface area contributed by atoms with Crippen LogP contribution in [-0.2, 0) is 11.2 Å². The number of aryl methyl sites for hydroxylation is 1. The summed E-state index contributed by atoms with van der Waals surface area (Å²) in [6.45, 7) is 6.59. The monoisotopic (exact) mass is 375 g/mol. The van der Waals surface area contributed by atoms with Crippen molar-refractivity contribution in [2.24, 2.45) is 0 Å². The van der Waals surface area contributed by atoms with Crippen LogP contribution in [0, 0.1) is 6.92 Å². The highest BCUT2D eigenvalue weighted by Crippen LogP contribution is 2.26. The van der Waals surface area contributed by atoms with Crippen molar-refractivity contribution in [2.75, 3.05) is 6.61 Å². The zero-order valence-electron chi connectivity index (χ0n) is 13.7. The van der Waals surface area contributed by atoms with Crippen LogP contribution < -0.4 is 10.1 Å². The topological polar surface area (TPSA) is 38.3 Å². The maximum atomic E-state index is 12.3. The molecule has 0 aliphatic carbocycles. The SMILES string of the molecule is CCOc1ccc(C)cc1C(C)NC(=O)Cc1ccc(Br)cc1. The Morgan fingerprint density at radius 2 is 1.91 bits per heavy atom. The molecule has 0 heterocycles. The second-order valence-corrected chi connectivity index (χ2v) is 6.48. The lowest BCUT2D eigenvalue weighted by Crippen LogP contribution is -2.28. The minimum absolute atomic E-state index is 0.00350. The average molecular weight is 376 g/mol. The lowest BCUT2D eigenvalue weighted by Gasteiger charge is -2.19. The Bertz CT molecular complexity index is 668. The molecule has 1 amide bonds. The minimum Gasteiger partial charge on any atom is -0.494 e. The van der Waals surface area contributed by atoms with E-state index in [4.69, 9.17) is 4.74 Å². The molecule has 0 saturated carbocycles. The summed E-state index contributed by atoms with van der Waals surface area (Å²) in [7, 11) is 0. The number of ether oxygens (including phenoxy) is 1. The fraction of sp³-hybridized carbons (Fsp3) is 0.316. The second kappa shape index (κ2) is 8.16. The fourth-order valence-corrected chi connectivity index (χ4v) is 2.72. The Balaban J connectivity index is 2.06. The van der Waals surface area contributed by atoms with Gasteiger partial charge in [-0.05, 0) is 44.5 Å². The zero-order chi connectivity index (χ0) is 16.8. The van der Waals surface area contributed by atoms with Gasteiger partial charge in [0.2, 0.25) is 5.91 Å². The molecule has 23 heavy (non-hydrogen) atoms. The first-order valence-corrected chi connectivity index (χ1v) is 8.56. The van der Waals surface area contributed by atoms with Gasteiger partial charge in [0.05, 0.1) is 19.1 Å². The molecule has 0 aliphatic heterocycles. The summed E-state index contributed by atoms with van der Waals surface area (Å²) in [5, 5.41) is 3.05. The molecule has 0 fully saturated rings. The molecule has 0 radical (unpaired) electrons. The van der Waals surface area contributed by atoms with Crippen LogP contribution in [0.4, 0.5) is 0 Å². The van der Waals surface area contributed by atoms with Gasteiger partial charge in [-0.3, -0.25) is 4.79 Å². The molecule has 1 atom stereocenters. The molecule has 0 saturated heterocycles. The summed E-state index contributed by atoms with van der Waals surface area (Å²) >= 11 is 3.40. The van der Waals surface area contributed by atoms with Gasteiger partial charge in [0.15, 0.2) is 0 Å². The largest absolute Gasteiger partial charge is 0.494 e. The van der Waals surface area contributed by atoms with Crippen LogP contribution in [0.15, 0.2) is 46.9 Å². The maximum Gasteiger partial charge on any atom is 0.224 e. The lowest BCUT2D eigenvalue weighted by molar-refractivity contribution is -0.121. The van der Waals surface area contributed by atoms with E-state index in [1.807, 2.05) is 57.2 Å². The van der Waals surface area contributed by atoms with Gasteiger partial charge < -0.3 is 10.1 Å². The number of halogens is 1. The molecule has 4 heteroatoms. The van der Waals surface area contributed by atoms with E-state index >= 15 is 0 Å². The van der Waals surface area contributed by atoms with E-state index in [9.17, 15) is 4.79 Å². The third-order valence-electron chi connectivity index (χ3n) is 3.59. The van der Waals surface area contributed by atoms with E-state index in [2.05, 4.69) is 27.3 Å². The molecular formula is C19H22BrNO2. The van der Waals surface area contributed by atoms with Gasteiger partial charge in [0.1, 0.15) is 5.75 Å². The van der Waals surface area contributed by atoms with Crippen LogP contribution in [0.1, 0.15) is 36.6 Å². The van der Waals surface area contributed by atoms with Crippen LogP contribution in [0.3, 0.4) is 0 Å². The van der Waals surface area contributed by atoms with Crippen molar-refractivity contribution in [3.05, 3.63) is 63.6 Å². The predicted octanol–water partition coefficient (Wildman–Crippen LogP) is 4.58. The average Bonchev–Trinajstić information content (AvgIpc) is 2.51. The van der Waals surface area contributed by atoms with Gasteiger partial charge in [-0.15, -0.1) is 0 Å². The van der Waals surface area contributed by atoms with Gasteiger partial charge in [0, 0.05) is 10.0 Å². The summed E-state index contributed by atoms with van der Waals surface area (Å²) in [6, 6.07) is 13.7. The Morgan fingerprint density at radius 3 is 2.57 bits per heavy atom. The molecule has 1 N–H and O–H groups in total. The number of amides is 1. The van der Waals surface area contributed by atoms with Crippen molar-refractivity contribution >= 4 is 21.8 Å².